The zero-order valence-corrected chi connectivity index (χ0v) is 18.5. The van der Waals surface area contributed by atoms with E-state index in [0.717, 1.165) is 22.6 Å². The third-order valence-electron chi connectivity index (χ3n) is 4.89. The third-order valence-corrected chi connectivity index (χ3v) is 4.89. The minimum Gasteiger partial charge on any atom is -0.496 e. The van der Waals surface area contributed by atoms with Crippen LogP contribution < -0.4 is 19.5 Å². The lowest BCUT2D eigenvalue weighted by Crippen LogP contribution is -2.13. The molecule has 5 heteroatoms. The van der Waals surface area contributed by atoms with Crippen molar-refractivity contribution >= 4 is 11.6 Å². The van der Waals surface area contributed by atoms with Crippen LogP contribution >= 0.6 is 0 Å². The van der Waals surface area contributed by atoms with Crippen LogP contribution in [0.15, 0.2) is 66.7 Å². The molecule has 0 atom stereocenters. The largest absolute Gasteiger partial charge is 0.496 e. The van der Waals surface area contributed by atoms with E-state index in [0.29, 0.717) is 36.1 Å². The van der Waals surface area contributed by atoms with Gasteiger partial charge in [0.25, 0.3) is 5.91 Å². The highest BCUT2D eigenvalue weighted by Crippen LogP contribution is 2.28. The molecule has 3 aromatic rings. The van der Waals surface area contributed by atoms with Crippen LogP contribution in [0.2, 0.25) is 0 Å². The van der Waals surface area contributed by atoms with E-state index in [1.54, 1.807) is 25.3 Å². The number of carbonyl (C=O) groups excluding carboxylic acids is 1. The van der Waals surface area contributed by atoms with Crippen molar-refractivity contribution in [1.82, 2.24) is 0 Å². The second-order valence-corrected chi connectivity index (χ2v) is 7.42. The van der Waals surface area contributed by atoms with Crippen molar-refractivity contribution < 1.29 is 19.0 Å². The normalized spacial score (nSPS) is 10.6. The van der Waals surface area contributed by atoms with Crippen LogP contribution in [0.3, 0.4) is 0 Å². The van der Waals surface area contributed by atoms with Crippen LogP contribution in [0.25, 0.3) is 0 Å². The monoisotopic (exact) mass is 419 g/mol. The van der Waals surface area contributed by atoms with Gasteiger partial charge in [-0.15, -0.1) is 0 Å². The van der Waals surface area contributed by atoms with E-state index in [4.69, 9.17) is 14.2 Å². The van der Waals surface area contributed by atoms with E-state index < -0.39 is 0 Å². The first-order valence-electron chi connectivity index (χ1n) is 10.4. The predicted octanol–water partition coefficient (Wildman–Crippen LogP) is 6.05. The van der Waals surface area contributed by atoms with Gasteiger partial charge in [-0.25, -0.2) is 0 Å². The zero-order chi connectivity index (χ0) is 22.2. The van der Waals surface area contributed by atoms with E-state index in [9.17, 15) is 4.79 Å². The number of para-hydroxylation sites is 1. The molecule has 0 fully saturated rings. The van der Waals surface area contributed by atoms with Gasteiger partial charge in [-0.05, 0) is 66.9 Å². The molecule has 31 heavy (non-hydrogen) atoms. The number of nitrogens with one attached hydrogen (secondary N) is 1. The zero-order valence-electron chi connectivity index (χ0n) is 18.5. The topological polar surface area (TPSA) is 56.8 Å². The smallest absolute Gasteiger partial charge is 0.255 e. The molecule has 0 bridgehead atoms. The predicted molar refractivity (Wildman–Crippen MR) is 123 cm³/mol. The summed E-state index contributed by atoms with van der Waals surface area (Å²) in [5.74, 6) is 2.44. The molecule has 1 amide bonds. The summed E-state index contributed by atoms with van der Waals surface area (Å²) in [4.78, 5) is 12.8. The highest BCUT2D eigenvalue weighted by Gasteiger charge is 2.13. The van der Waals surface area contributed by atoms with Crippen LogP contribution in [0, 0.1) is 0 Å². The third kappa shape index (κ3) is 5.79. The number of amides is 1. The average Bonchev–Trinajstić information content (AvgIpc) is 2.79. The lowest BCUT2D eigenvalue weighted by atomic mass is 10.0. The Morgan fingerprint density at radius 1 is 0.935 bits per heavy atom. The molecule has 0 aromatic heterocycles. The quantitative estimate of drug-likeness (QED) is 0.459. The highest BCUT2D eigenvalue weighted by atomic mass is 16.5. The number of carbonyl (C=O) groups is 1. The lowest BCUT2D eigenvalue weighted by Gasteiger charge is -2.16. The molecule has 0 saturated heterocycles. The summed E-state index contributed by atoms with van der Waals surface area (Å²) in [5.41, 5.74) is 3.18. The Balaban J connectivity index is 1.74. The van der Waals surface area contributed by atoms with Crippen molar-refractivity contribution in [2.45, 2.75) is 33.3 Å². The van der Waals surface area contributed by atoms with Gasteiger partial charge in [0.05, 0.1) is 13.7 Å². The maximum absolute atomic E-state index is 12.8. The average molecular weight is 420 g/mol. The SMILES string of the molecule is CCOc1ccc(NC(=O)c2ccc(OC)c(COc3ccccc3C(C)C)c2)cc1. The van der Waals surface area contributed by atoms with Crippen LogP contribution in [-0.4, -0.2) is 19.6 Å². The fourth-order valence-corrected chi connectivity index (χ4v) is 3.28. The van der Waals surface area contributed by atoms with Crippen molar-refractivity contribution in [3.8, 4) is 17.2 Å². The molecule has 0 saturated carbocycles. The fraction of sp³-hybridized carbons (Fsp3) is 0.269. The van der Waals surface area contributed by atoms with Gasteiger partial charge >= 0.3 is 0 Å². The van der Waals surface area contributed by atoms with E-state index in [-0.39, 0.29) is 5.91 Å². The number of anilines is 1. The van der Waals surface area contributed by atoms with Gasteiger partial charge in [0.2, 0.25) is 0 Å². The summed E-state index contributed by atoms with van der Waals surface area (Å²) in [7, 11) is 1.61. The van der Waals surface area contributed by atoms with Crippen LogP contribution in [0.5, 0.6) is 17.2 Å². The van der Waals surface area contributed by atoms with Gasteiger partial charge in [-0.3, -0.25) is 4.79 Å². The maximum Gasteiger partial charge on any atom is 0.255 e. The lowest BCUT2D eigenvalue weighted by molar-refractivity contribution is 0.102. The van der Waals surface area contributed by atoms with E-state index in [2.05, 4.69) is 25.2 Å². The Morgan fingerprint density at radius 3 is 2.35 bits per heavy atom. The summed E-state index contributed by atoms with van der Waals surface area (Å²) in [6.07, 6.45) is 0. The van der Waals surface area contributed by atoms with Crippen molar-refractivity contribution in [1.29, 1.82) is 0 Å². The van der Waals surface area contributed by atoms with Crippen LogP contribution in [-0.2, 0) is 6.61 Å². The van der Waals surface area contributed by atoms with Crippen LogP contribution in [0.4, 0.5) is 5.69 Å². The Bertz CT molecular complexity index is 1010. The number of hydrogen-bond donors (Lipinski definition) is 1. The molecular formula is C26H29NO4. The van der Waals surface area contributed by atoms with Gasteiger partial charge in [0.1, 0.15) is 23.9 Å². The molecule has 0 radical (unpaired) electrons. The minimum absolute atomic E-state index is 0.198. The van der Waals surface area contributed by atoms with Gasteiger partial charge in [0.15, 0.2) is 0 Å². The van der Waals surface area contributed by atoms with E-state index in [1.807, 2.05) is 49.4 Å². The molecule has 0 unspecified atom stereocenters. The standard InChI is InChI=1S/C26H29NO4/c1-5-30-22-13-11-21(12-14-22)27-26(28)19-10-15-24(29-4)20(16-19)17-31-25-9-7-6-8-23(25)18(2)3/h6-16,18H,5,17H2,1-4H3,(H,27,28). The molecule has 0 spiro atoms. The fourth-order valence-electron chi connectivity index (χ4n) is 3.28. The summed E-state index contributed by atoms with van der Waals surface area (Å²) in [6, 6.07) is 20.6. The van der Waals surface area contributed by atoms with E-state index >= 15 is 0 Å². The number of ether oxygens (including phenoxy) is 3. The summed E-state index contributed by atoms with van der Waals surface area (Å²) in [5, 5.41) is 2.91. The van der Waals surface area contributed by atoms with Gasteiger partial charge in [-0.1, -0.05) is 32.0 Å². The Morgan fingerprint density at radius 2 is 1.68 bits per heavy atom. The first-order chi connectivity index (χ1) is 15.0. The van der Waals surface area contributed by atoms with E-state index in [1.165, 1.54) is 0 Å². The molecule has 1 N–H and O–H groups in total. The Labute approximate surface area is 184 Å². The van der Waals surface area contributed by atoms with Crippen molar-refractivity contribution in [2.24, 2.45) is 0 Å². The maximum atomic E-state index is 12.8. The highest BCUT2D eigenvalue weighted by molar-refractivity contribution is 6.04. The number of methoxy groups -OCH3 is 1. The number of benzene rings is 3. The van der Waals surface area contributed by atoms with Crippen molar-refractivity contribution in [2.75, 3.05) is 19.0 Å². The first-order valence-corrected chi connectivity index (χ1v) is 10.4. The molecule has 0 aliphatic rings. The molecule has 0 aliphatic carbocycles. The van der Waals surface area contributed by atoms with Gasteiger partial charge in [0, 0.05) is 16.8 Å². The van der Waals surface area contributed by atoms with Crippen LogP contribution in [0.1, 0.15) is 48.2 Å². The summed E-state index contributed by atoms with van der Waals surface area (Å²) in [6.45, 7) is 7.10. The Hall–Kier alpha value is -3.47. The van der Waals surface area contributed by atoms with Gasteiger partial charge in [-0.2, -0.15) is 0 Å². The number of rotatable bonds is 9. The minimum atomic E-state index is -0.198. The number of hydrogen-bond acceptors (Lipinski definition) is 4. The molecule has 3 rings (SSSR count). The molecule has 5 nitrogen and oxygen atoms in total. The molecule has 162 valence electrons. The first kappa shape index (κ1) is 22.2. The summed E-state index contributed by atoms with van der Waals surface area (Å²) < 4.78 is 17.0. The van der Waals surface area contributed by atoms with Crippen molar-refractivity contribution in [3.63, 3.8) is 0 Å². The molecule has 0 heterocycles. The molecule has 3 aromatic carbocycles. The second kappa shape index (κ2) is 10.5. The molecule has 0 aliphatic heterocycles. The second-order valence-electron chi connectivity index (χ2n) is 7.42. The summed E-state index contributed by atoms with van der Waals surface area (Å²) >= 11 is 0. The van der Waals surface area contributed by atoms with Gasteiger partial charge < -0.3 is 19.5 Å². The van der Waals surface area contributed by atoms with Crippen molar-refractivity contribution in [3.05, 3.63) is 83.4 Å². The Kier molecular flexibility index (Phi) is 7.55. The molecular weight excluding hydrogens is 390 g/mol.